The van der Waals surface area contributed by atoms with Gasteiger partial charge in [0.1, 0.15) is 18.0 Å². The third-order valence-corrected chi connectivity index (χ3v) is 5.31. The molecule has 0 heterocycles. The second kappa shape index (κ2) is 8.41. The fourth-order valence-electron chi connectivity index (χ4n) is 2.25. The summed E-state index contributed by atoms with van der Waals surface area (Å²) in [6.07, 6.45) is 1.03. The summed E-state index contributed by atoms with van der Waals surface area (Å²) in [4.78, 5) is 12.4. The van der Waals surface area contributed by atoms with Crippen molar-refractivity contribution in [2.75, 3.05) is 36.6 Å². The molecular formula is C17H19BrN2O5S. The molecule has 0 radical (unpaired) electrons. The lowest BCUT2D eigenvalue weighted by molar-refractivity contribution is -0.114. The molecule has 0 saturated heterocycles. The van der Waals surface area contributed by atoms with Crippen molar-refractivity contribution in [3.05, 3.63) is 46.9 Å². The minimum absolute atomic E-state index is 0.248. The normalized spacial score (nSPS) is 10.9. The van der Waals surface area contributed by atoms with Crippen LogP contribution in [0.15, 0.2) is 46.9 Å². The lowest BCUT2D eigenvalue weighted by Gasteiger charge is -2.24. The molecule has 0 spiro atoms. The van der Waals surface area contributed by atoms with E-state index in [0.717, 1.165) is 10.6 Å². The topological polar surface area (TPSA) is 84.9 Å². The van der Waals surface area contributed by atoms with E-state index < -0.39 is 22.5 Å². The first-order valence-electron chi connectivity index (χ1n) is 7.50. The number of hydrogen-bond donors (Lipinski definition) is 1. The second-order valence-corrected chi connectivity index (χ2v) is 8.10. The van der Waals surface area contributed by atoms with Crippen molar-refractivity contribution >= 4 is 43.2 Å². The number of carbonyl (C=O) groups excluding carboxylic acids is 1. The van der Waals surface area contributed by atoms with Crippen LogP contribution in [0.25, 0.3) is 0 Å². The van der Waals surface area contributed by atoms with Crippen LogP contribution in [0.4, 0.5) is 11.4 Å². The van der Waals surface area contributed by atoms with Crippen molar-refractivity contribution in [3.63, 3.8) is 0 Å². The number of benzene rings is 2. The maximum absolute atomic E-state index is 12.4. The molecule has 0 unspecified atom stereocenters. The fourth-order valence-corrected chi connectivity index (χ4v) is 3.50. The van der Waals surface area contributed by atoms with Crippen LogP contribution in [0.2, 0.25) is 0 Å². The number of halogens is 1. The van der Waals surface area contributed by atoms with E-state index in [9.17, 15) is 13.2 Å². The molecule has 1 N–H and O–H groups in total. The molecule has 0 saturated carbocycles. The minimum Gasteiger partial charge on any atom is -0.497 e. The molecule has 0 aliphatic rings. The molecule has 1 amide bonds. The lowest BCUT2D eigenvalue weighted by Crippen LogP contribution is -2.37. The monoisotopic (exact) mass is 442 g/mol. The Morgan fingerprint density at radius 1 is 1.15 bits per heavy atom. The van der Waals surface area contributed by atoms with Crippen molar-refractivity contribution in [2.24, 2.45) is 0 Å². The average molecular weight is 443 g/mol. The van der Waals surface area contributed by atoms with Gasteiger partial charge in [-0.1, -0.05) is 12.1 Å². The van der Waals surface area contributed by atoms with Gasteiger partial charge in [-0.3, -0.25) is 9.10 Å². The van der Waals surface area contributed by atoms with E-state index in [1.54, 1.807) is 30.3 Å². The number of rotatable bonds is 7. The molecule has 0 fully saturated rings. The summed E-state index contributed by atoms with van der Waals surface area (Å²) in [5.41, 5.74) is 0.797. The van der Waals surface area contributed by atoms with E-state index in [1.807, 2.05) is 6.07 Å². The Balaban J connectivity index is 2.32. The summed E-state index contributed by atoms with van der Waals surface area (Å²) in [7, 11) is -0.817. The van der Waals surface area contributed by atoms with Crippen LogP contribution in [0, 0.1) is 0 Å². The van der Waals surface area contributed by atoms with Gasteiger partial charge in [0.2, 0.25) is 15.9 Å². The molecule has 140 valence electrons. The minimum atomic E-state index is -3.73. The zero-order valence-electron chi connectivity index (χ0n) is 14.5. The number of sulfonamides is 1. The van der Waals surface area contributed by atoms with Gasteiger partial charge in [0.25, 0.3) is 0 Å². The second-order valence-electron chi connectivity index (χ2n) is 5.34. The van der Waals surface area contributed by atoms with Crippen LogP contribution in [0.1, 0.15) is 0 Å². The number of anilines is 2. The van der Waals surface area contributed by atoms with E-state index in [1.165, 1.54) is 20.3 Å². The molecule has 9 heteroatoms. The lowest BCUT2D eigenvalue weighted by atomic mass is 10.2. The van der Waals surface area contributed by atoms with E-state index in [4.69, 9.17) is 9.47 Å². The zero-order chi connectivity index (χ0) is 19.3. The highest BCUT2D eigenvalue weighted by atomic mass is 79.9. The standard InChI is InChI=1S/C17H19BrN2O5S/c1-24-12-8-9-15(16(10-12)25-2)20(26(3,22)23)11-17(21)19-14-7-5-4-6-13(14)18/h4-10H,11H2,1-3H3,(H,19,21). The van der Waals surface area contributed by atoms with Crippen molar-refractivity contribution in [2.45, 2.75) is 0 Å². The van der Waals surface area contributed by atoms with Crippen LogP contribution < -0.4 is 19.1 Å². The molecule has 0 aliphatic heterocycles. The summed E-state index contributed by atoms with van der Waals surface area (Å²) >= 11 is 3.33. The van der Waals surface area contributed by atoms with E-state index in [2.05, 4.69) is 21.2 Å². The highest BCUT2D eigenvalue weighted by molar-refractivity contribution is 9.10. The van der Waals surface area contributed by atoms with Gasteiger partial charge in [-0.15, -0.1) is 0 Å². The first kappa shape index (κ1) is 20.1. The average Bonchev–Trinajstić information content (AvgIpc) is 2.60. The number of methoxy groups -OCH3 is 2. The van der Waals surface area contributed by atoms with Crippen molar-refractivity contribution in [1.29, 1.82) is 0 Å². The summed E-state index contributed by atoms with van der Waals surface area (Å²) in [5, 5.41) is 2.69. The van der Waals surface area contributed by atoms with Crippen LogP contribution in [-0.4, -0.2) is 41.3 Å². The SMILES string of the molecule is COc1ccc(N(CC(=O)Nc2ccccc2Br)S(C)(=O)=O)c(OC)c1. The van der Waals surface area contributed by atoms with E-state index in [-0.39, 0.29) is 11.4 Å². The molecule has 0 bridgehead atoms. The summed E-state index contributed by atoms with van der Waals surface area (Å²) in [6, 6.07) is 11.7. The predicted molar refractivity (Wildman–Crippen MR) is 105 cm³/mol. The molecule has 0 aromatic heterocycles. The summed E-state index contributed by atoms with van der Waals surface area (Å²) in [6.45, 7) is -0.400. The Morgan fingerprint density at radius 3 is 2.42 bits per heavy atom. The number of nitrogens with one attached hydrogen (secondary N) is 1. The molecule has 26 heavy (non-hydrogen) atoms. The Kier molecular flexibility index (Phi) is 6.49. The Morgan fingerprint density at radius 2 is 1.85 bits per heavy atom. The molecule has 0 atom stereocenters. The molecule has 7 nitrogen and oxygen atoms in total. The van der Waals surface area contributed by atoms with Crippen LogP contribution in [0.3, 0.4) is 0 Å². The van der Waals surface area contributed by atoms with Crippen LogP contribution >= 0.6 is 15.9 Å². The van der Waals surface area contributed by atoms with E-state index in [0.29, 0.717) is 15.9 Å². The highest BCUT2D eigenvalue weighted by Gasteiger charge is 2.24. The van der Waals surface area contributed by atoms with Crippen LogP contribution in [0.5, 0.6) is 11.5 Å². The molecule has 2 aromatic carbocycles. The molecule has 0 aliphatic carbocycles. The zero-order valence-corrected chi connectivity index (χ0v) is 16.9. The van der Waals surface area contributed by atoms with Gasteiger partial charge in [-0.25, -0.2) is 8.42 Å². The quantitative estimate of drug-likeness (QED) is 0.712. The Labute approximate surface area is 161 Å². The number of carbonyl (C=O) groups is 1. The van der Waals surface area contributed by atoms with Crippen molar-refractivity contribution < 1.29 is 22.7 Å². The van der Waals surface area contributed by atoms with Gasteiger partial charge in [0.15, 0.2) is 0 Å². The number of amides is 1. The maximum atomic E-state index is 12.4. The highest BCUT2D eigenvalue weighted by Crippen LogP contribution is 2.33. The van der Waals surface area contributed by atoms with Gasteiger partial charge < -0.3 is 14.8 Å². The van der Waals surface area contributed by atoms with Gasteiger partial charge in [-0.05, 0) is 40.2 Å². The van der Waals surface area contributed by atoms with Crippen LogP contribution in [-0.2, 0) is 14.8 Å². The van der Waals surface area contributed by atoms with Gasteiger partial charge >= 0.3 is 0 Å². The number of hydrogen-bond acceptors (Lipinski definition) is 5. The summed E-state index contributed by atoms with van der Waals surface area (Å²) in [5.74, 6) is 0.306. The summed E-state index contributed by atoms with van der Waals surface area (Å²) < 4.78 is 36.6. The van der Waals surface area contributed by atoms with Gasteiger partial charge in [0, 0.05) is 10.5 Å². The fraction of sp³-hybridized carbons (Fsp3) is 0.235. The van der Waals surface area contributed by atoms with Crippen molar-refractivity contribution in [3.8, 4) is 11.5 Å². The van der Waals surface area contributed by atoms with Gasteiger partial charge in [0.05, 0.1) is 31.9 Å². The predicted octanol–water partition coefficient (Wildman–Crippen LogP) is 2.87. The van der Waals surface area contributed by atoms with E-state index >= 15 is 0 Å². The largest absolute Gasteiger partial charge is 0.497 e. The number of para-hydroxylation sites is 1. The molecule has 2 aromatic rings. The Hall–Kier alpha value is -2.26. The first-order chi connectivity index (χ1) is 12.3. The van der Waals surface area contributed by atoms with Gasteiger partial charge in [-0.2, -0.15) is 0 Å². The molecular weight excluding hydrogens is 424 g/mol. The third kappa shape index (κ3) is 4.89. The number of nitrogens with zero attached hydrogens (tertiary/aromatic N) is 1. The third-order valence-electron chi connectivity index (χ3n) is 3.49. The Bertz CT molecular complexity index is 902. The van der Waals surface area contributed by atoms with Crippen molar-refractivity contribution in [1.82, 2.24) is 0 Å². The maximum Gasteiger partial charge on any atom is 0.245 e. The molecule has 2 rings (SSSR count). The first-order valence-corrected chi connectivity index (χ1v) is 10.1. The number of ether oxygens (including phenoxy) is 2. The smallest absolute Gasteiger partial charge is 0.245 e.